The van der Waals surface area contributed by atoms with Crippen LogP contribution in [-0.2, 0) is 0 Å². The Kier molecular flexibility index (Phi) is 5.99. The third-order valence-corrected chi connectivity index (χ3v) is 6.42. The van der Waals surface area contributed by atoms with E-state index in [4.69, 9.17) is 14.7 Å². The molecule has 3 aromatic rings. The monoisotopic (exact) mass is 432 g/mol. The molecular weight excluding hydrogens is 400 g/mol. The van der Waals surface area contributed by atoms with Gasteiger partial charge in [0.2, 0.25) is 5.95 Å². The lowest BCUT2D eigenvalue weighted by molar-refractivity contribution is 0.296. The predicted octanol–water partition coefficient (Wildman–Crippen LogP) is 5.16. The minimum atomic E-state index is 0.0450. The van der Waals surface area contributed by atoms with Gasteiger partial charge in [0.05, 0.1) is 11.6 Å². The van der Waals surface area contributed by atoms with Gasteiger partial charge >= 0.3 is 0 Å². The summed E-state index contributed by atoms with van der Waals surface area (Å²) in [6, 6.07) is 12.6. The van der Waals surface area contributed by atoms with E-state index in [0.29, 0.717) is 12.6 Å². The molecule has 168 valence electrons. The second-order valence-electron chi connectivity index (χ2n) is 8.53. The summed E-state index contributed by atoms with van der Waals surface area (Å²) in [6.45, 7) is 9.37. The van der Waals surface area contributed by atoms with Gasteiger partial charge in [-0.2, -0.15) is 4.98 Å². The first-order chi connectivity index (χ1) is 15.7. The number of benzene rings is 2. The minimum Gasteiger partial charge on any atom is -0.491 e. The molecule has 8 bridgehead atoms. The van der Waals surface area contributed by atoms with Crippen LogP contribution in [-0.4, -0.2) is 47.7 Å². The number of hydrogen-bond donors (Lipinski definition) is 3. The normalized spacial score (nSPS) is 16.0. The number of aromatic nitrogens is 2. The van der Waals surface area contributed by atoms with Crippen molar-refractivity contribution in [1.82, 2.24) is 14.9 Å². The Hall–Kier alpha value is -3.06. The fraction of sp³-hybridized carbons (Fsp3) is 0.440. The molecule has 0 amide bonds. The number of nitrogens with one attached hydrogen (secondary N) is 3. The van der Waals surface area contributed by atoms with Crippen molar-refractivity contribution in [3.05, 3.63) is 42.0 Å². The second kappa shape index (κ2) is 9.20. The topological polar surface area (TPSA) is 74.3 Å². The van der Waals surface area contributed by atoms with Crippen molar-refractivity contribution >= 4 is 34.0 Å². The van der Waals surface area contributed by atoms with E-state index in [1.807, 2.05) is 0 Å². The first-order valence-electron chi connectivity index (χ1n) is 11.8. The molecule has 0 aliphatic carbocycles. The molecule has 5 aliphatic heterocycles. The molecule has 0 radical (unpaired) electrons. The fourth-order valence-electron chi connectivity index (χ4n) is 4.52. The van der Waals surface area contributed by atoms with Crippen molar-refractivity contribution in [2.24, 2.45) is 0 Å². The van der Waals surface area contributed by atoms with E-state index >= 15 is 0 Å². The van der Waals surface area contributed by atoms with Gasteiger partial charge in [-0.3, -0.25) is 0 Å². The summed E-state index contributed by atoms with van der Waals surface area (Å²) in [7, 11) is 0. The third kappa shape index (κ3) is 4.30. The Morgan fingerprint density at radius 2 is 1.88 bits per heavy atom. The highest BCUT2D eigenvalue weighted by Gasteiger charge is 2.26. The molecule has 8 rings (SSSR count). The third-order valence-electron chi connectivity index (χ3n) is 6.42. The van der Waals surface area contributed by atoms with Crippen LogP contribution in [0.3, 0.4) is 0 Å². The molecular formula is C25H32N6O. The van der Waals surface area contributed by atoms with Gasteiger partial charge in [0.1, 0.15) is 18.2 Å². The van der Waals surface area contributed by atoms with E-state index in [1.54, 1.807) is 0 Å². The number of unbranched alkanes of at least 4 members (excludes halogenated alkanes) is 2. The van der Waals surface area contributed by atoms with E-state index in [-0.39, 0.29) is 6.04 Å². The molecule has 1 atom stereocenters. The zero-order chi connectivity index (χ0) is 21.9. The first-order valence-corrected chi connectivity index (χ1v) is 11.8. The average molecular weight is 433 g/mol. The number of ether oxygens (including phenoxy) is 1. The zero-order valence-corrected chi connectivity index (χ0v) is 18.9. The van der Waals surface area contributed by atoms with E-state index in [1.165, 1.54) is 19.4 Å². The summed E-state index contributed by atoms with van der Waals surface area (Å²) in [5.74, 6) is 2.42. The van der Waals surface area contributed by atoms with Gasteiger partial charge in [-0.15, -0.1) is 0 Å². The van der Waals surface area contributed by atoms with Crippen LogP contribution >= 0.6 is 0 Å². The van der Waals surface area contributed by atoms with Crippen molar-refractivity contribution in [2.45, 2.75) is 39.2 Å². The predicted molar refractivity (Wildman–Crippen MR) is 131 cm³/mol. The van der Waals surface area contributed by atoms with Crippen molar-refractivity contribution in [3.8, 4) is 5.75 Å². The minimum absolute atomic E-state index is 0.0450. The van der Waals surface area contributed by atoms with Gasteiger partial charge in [0, 0.05) is 34.9 Å². The van der Waals surface area contributed by atoms with Gasteiger partial charge < -0.3 is 25.6 Å². The Balaban J connectivity index is 1.35. The Morgan fingerprint density at radius 1 is 1.03 bits per heavy atom. The summed E-state index contributed by atoms with van der Waals surface area (Å²) >= 11 is 0. The summed E-state index contributed by atoms with van der Waals surface area (Å²) in [6.07, 6.45) is 3.56. The van der Waals surface area contributed by atoms with Crippen molar-refractivity contribution < 1.29 is 4.74 Å². The maximum atomic E-state index is 5.92. The maximum absolute atomic E-state index is 5.92. The van der Waals surface area contributed by atoms with Crippen LogP contribution in [0.2, 0.25) is 0 Å². The van der Waals surface area contributed by atoms with E-state index in [2.05, 4.69) is 71.1 Å². The SMILES string of the molecule is CCN(CC)CCCCCNc1nc2nc3ccc(cc13)Nc1ccc3c(c1)OCC3N2. The number of nitrogens with zero attached hydrogens (tertiary/aromatic N) is 3. The first kappa shape index (κ1) is 20.8. The van der Waals surface area contributed by atoms with Gasteiger partial charge in [0.15, 0.2) is 0 Å². The van der Waals surface area contributed by atoms with Crippen molar-refractivity contribution in [2.75, 3.05) is 48.7 Å². The molecule has 7 heteroatoms. The van der Waals surface area contributed by atoms with E-state index < -0.39 is 0 Å². The van der Waals surface area contributed by atoms with Gasteiger partial charge in [-0.1, -0.05) is 26.3 Å². The zero-order valence-electron chi connectivity index (χ0n) is 18.9. The highest BCUT2D eigenvalue weighted by molar-refractivity contribution is 5.93. The number of rotatable bonds is 9. The standard InChI is InChI=1S/C25H32N6O/c1-3-31(4-2)13-7-5-6-12-26-24-20-14-17-9-11-21(20)28-25(30-24)29-22-16-32-23-15-18(27-17)8-10-19(22)23/h8-11,14-15,22,27H,3-7,12-13,16H2,1-2H3,(H2,26,28,29,30). The summed E-state index contributed by atoms with van der Waals surface area (Å²) in [4.78, 5) is 12.1. The van der Waals surface area contributed by atoms with Crippen LogP contribution in [0.15, 0.2) is 36.4 Å². The highest BCUT2D eigenvalue weighted by atomic mass is 16.5. The smallest absolute Gasteiger partial charge is 0.225 e. The number of anilines is 4. The molecule has 1 aromatic heterocycles. The van der Waals surface area contributed by atoms with Crippen LogP contribution in [0.4, 0.5) is 23.1 Å². The summed E-state index contributed by atoms with van der Waals surface area (Å²) in [5.41, 5.74) is 4.10. The molecule has 2 aromatic carbocycles. The van der Waals surface area contributed by atoms with Gasteiger partial charge in [-0.25, -0.2) is 4.98 Å². The van der Waals surface area contributed by atoms with Crippen LogP contribution in [0.25, 0.3) is 10.9 Å². The molecule has 6 heterocycles. The average Bonchev–Trinajstić information content (AvgIpc) is 3.21. The molecule has 1 unspecified atom stereocenters. The molecule has 0 spiro atoms. The lowest BCUT2D eigenvalue weighted by Crippen LogP contribution is -2.24. The maximum Gasteiger partial charge on any atom is 0.225 e. The number of hydrogen-bond acceptors (Lipinski definition) is 7. The van der Waals surface area contributed by atoms with Crippen LogP contribution < -0.4 is 20.7 Å². The van der Waals surface area contributed by atoms with Gasteiger partial charge in [0.25, 0.3) is 0 Å². The molecule has 32 heavy (non-hydrogen) atoms. The second-order valence-corrected chi connectivity index (χ2v) is 8.53. The Bertz CT molecular complexity index is 1100. The molecule has 0 saturated heterocycles. The van der Waals surface area contributed by atoms with Crippen molar-refractivity contribution in [3.63, 3.8) is 0 Å². The van der Waals surface area contributed by atoms with Crippen molar-refractivity contribution in [1.29, 1.82) is 0 Å². The lowest BCUT2D eigenvalue weighted by Gasteiger charge is -2.17. The molecule has 0 fully saturated rings. The van der Waals surface area contributed by atoms with E-state index in [0.717, 1.165) is 65.5 Å². The highest BCUT2D eigenvalue weighted by Crippen LogP contribution is 2.38. The van der Waals surface area contributed by atoms with Crippen LogP contribution in [0.5, 0.6) is 5.75 Å². The Labute approximate surface area is 189 Å². The molecule has 5 aliphatic rings. The lowest BCUT2D eigenvalue weighted by atomic mass is 10.1. The summed E-state index contributed by atoms with van der Waals surface area (Å²) < 4.78 is 5.92. The fourth-order valence-corrected chi connectivity index (χ4v) is 4.52. The van der Waals surface area contributed by atoms with Gasteiger partial charge in [-0.05, 0) is 56.7 Å². The largest absolute Gasteiger partial charge is 0.491 e. The molecule has 7 nitrogen and oxygen atoms in total. The Morgan fingerprint density at radius 3 is 2.75 bits per heavy atom. The summed E-state index contributed by atoms with van der Waals surface area (Å²) in [5, 5.41) is 11.6. The van der Waals surface area contributed by atoms with E-state index in [9.17, 15) is 0 Å². The van der Waals surface area contributed by atoms with Crippen LogP contribution in [0.1, 0.15) is 44.7 Å². The van der Waals surface area contributed by atoms with Crippen LogP contribution in [0, 0.1) is 0 Å². The molecule has 3 N–H and O–H groups in total. The molecule has 0 saturated carbocycles. The quantitative estimate of drug-likeness (QED) is 0.404.